The van der Waals surface area contributed by atoms with E-state index in [9.17, 15) is 0 Å². The molecule has 3 aliphatic rings. The predicted octanol–water partition coefficient (Wildman–Crippen LogP) is 4.00. The third kappa shape index (κ3) is 5.53. The Labute approximate surface area is 139 Å². The quantitative estimate of drug-likeness (QED) is 0.418. The number of hydrogen-bond donors (Lipinski definition) is 0. The average molecular weight is 434 g/mol. The van der Waals surface area contributed by atoms with Crippen molar-refractivity contribution in [3.05, 3.63) is 0 Å². The molecule has 0 aromatic rings. The Morgan fingerprint density at radius 1 is 0.944 bits per heavy atom. The summed E-state index contributed by atoms with van der Waals surface area (Å²) in [6.07, 6.45) is 3.12. The fraction of sp³-hybridized carbons (Fsp3) is 1.00. The summed E-state index contributed by atoms with van der Waals surface area (Å²) in [6.45, 7) is 0. The summed E-state index contributed by atoms with van der Waals surface area (Å²) < 4.78 is 2.81. The van der Waals surface area contributed by atoms with Crippen molar-refractivity contribution in [3.63, 3.8) is 0 Å². The van der Waals surface area contributed by atoms with Gasteiger partial charge in [-0.25, -0.2) is 0 Å². The molecule has 3 heterocycles. The summed E-state index contributed by atoms with van der Waals surface area (Å²) in [4.78, 5) is 0. The Morgan fingerprint density at radius 2 is 1.61 bits per heavy atom. The van der Waals surface area contributed by atoms with E-state index < -0.39 is 0 Å². The van der Waals surface area contributed by atoms with E-state index in [2.05, 4.69) is 47.0 Å². The molecule has 18 heavy (non-hydrogen) atoms. The molecule has 0 aliphatic carbocycles. The molecule has 3 fully saturated rings. The minimum absolute atomic E-state index is 0.353. The van der Waals surface area contributed by atoms with Gasteiger partial charge in [0, 0.05) is 0 Å². The topological polar surface area (TPSA) is 0 Å². The Kier molecular flexibility index (Phi) is 6.70. The first-order valence-electron chi connectivity index (χ1n) is 6.92. The minimum atomic E-state index is 0.353. The van der Waals surface area contributed by atoms with Crippen LogP contribution >= 0.6 is 47.0 Å². The van der Waals surface area contributed by atoms with Crippen LogP contribution in [0, 0.1) is 5.92 Å². The van der Waals surface area contributed by atoms with Crippen LogP contribution in [-0.2, 0) is 0 Å². The van der Waals surface area contributed by atoms with Gasteiger partial charge in [0.25, 0.3) is 0 Å². The molecular weight excluding hydrogens is 412 g/mol. The van der Waals surface area contributed by atoms with Crippen LogP contribution < -0.4 is 0 Å². The van der Waals surface area contributed by atoms with Gasteiger partial charge in [-0.15, -0.1) is 0 Å². The molecule has 104 valence electrons. The van der Waals surface area contributed by atoms with Crippen molar-refractivity contribution in [1.29, 1.82) is 0 Å². The van der Waals surface area contributed by atoms with Gasteiger partial charge in [0.05, 0.1) is 0 Å². The number of hydrogen-bond acceptors (Lipinski definition) is 4. The zero-order chi connectivity index (χ0) is 12.2. The Hall–Kier alpha value is 2.19. The molecule has 4 atom stereocenters. The first kappa shape index (κ1) is 15.1. The van der Waals surface area contributed by atoms with Crippen molar-refractivity contribution in [3.8, 4) is 0 Å². The van der Waals surface area contributed by atoms with Crippen molar-refractivity contribution >= 4 is 68.0 Å². The van der Waals surface area contributed by atoms with Gasteiger partial charge in [-0.3, -0.25) is 0 Å². The van der Waals surface area contributed by atoms with Crippen LogP contribution in [0.3, 0.4) is 0 Å². The van der Waals surface area contributed by atoms with E-state index in [0.717, 1.165) is 16.4 Å². The van der Waals surface area contributed by atoms with Crippen molar-refractivity contribution in [2.75, 3.05) is 34.5 Å². The summed E-state index contributed by atoms with van der Waals surface area (Å²) in [6, 6.07) is 0. The van der Waals surface area contributed by atoms with Gasteiger partial charge in [-0.2, -0.15) is 0 Å². The Morgan fingerprint density at radius 3 is 2.28 bits per heavy atom. The Bertz CT molecular complexity index is 229. The van der Waals surface area contributed by atoms with Crippen LogP contribution in [0.15, 0.2) is 0 Å². The zero-order valence-corrected chi connectivity index (χ0v) is 16.3. The van der Waals surface area contributed by atoms with Crippen molar-refractivity contribution in [2.45, 2.75) is 31.8 Å². The summed E-state index contributed by atoms with van der Waals surface area (Å²) in [7, 11) is 0. The molecule has 0 amide bonds. The maximum atomic E-state index is 2.28. The first-order chi connectivity index (χ1) is 8.92. The molecule has 4 unspecified atom stereocenters. The molecule has 0 N–H and O–H groups in total. The first-order valence-corrected chi connectivity index (χ1v) is 14.3. The van der Waals surface area contributed by atoms with Crippen LogP contribution in [0.4, 0.5) is 0 Å². The third-order valence-electron chi connectivity index (χ3n) is 3.60. The molecule has 3 saturated heterocycles. The molecule has 0 aromatic carbocycles. The second-order valence-corrected chi connectivity index (χ2v) is 14.0. The van der Waals surface area contributed by atoms with E-state index in [-0.39, 0.29) is 0 Å². The summed E-state index contributed by atoms with van der Waals surface area (Å²) in [5, 5.41) is 2.08. The zero-order valence-electron chi connectivity index (χ0n) is 10.7. The normalized spacial score (nSPS) is 38.7. The van der Waals surface area contributed by atoms with Gasteiger partial charge in [-0.05, 0) is 0 Å². The second kappa shape index (κ2) is 7.99. The van der Waals surface area contributed by atoms with E-state index in [0.29, 0.717) is 20.9 Å². The van der Waals surface area contributed by atoms with E-state index in [1.807, 2.05) is 0 Å². The van der Waals surface area contributed by atoms with Gasteiger partial charge in [0.2, 0.25) is 0 Å². The van der Waals surface area contributed by atoms with Gasteiger partial charge in [0.1, 0.15) is 0 Å². The molecule has 0 spiro atoms. The monoisotopic (exact) mass is 436 g/mol. The molecule has 0 saturated carbocycles. The predicted molar refractivity (Wildman–Crippen MR) is 94.2 cm³/mol. The second-order valence-electron chi connectivity index (χ2n) is 5.30. The molecule has 3 aliphatic heterocycles. The summed E-state index contributed by atoms with van der Waals surface area (Å²) in [5.41, 5.74) is 0. The van der Waals surface area contributed by atoms with Crippen LogP contribution in [0.1, 0.15) is 12.8 Å². The fourth-order valence-corrected chi connectivity index (χ4v) is 12.0. The molecule has 0 radical (unpaired) electrons. The number of rotatable bonds is 8. The van der Waals surface area contributed by atoms with Crippen molar-refractivity contribution in [2.24, 2.45) is 5.92 Å². The number of thioether (sulfide) groups is 4. The van der Waals surface area contributed by atoms with Crippen LogP contribution in [0.2, 0.25) is 8.43 Å². The summed E-state index contributed by atoms with van der Waals surface area (Å²) >= 11 is 9.23. The van der Waals surface area contributed by atoms with Gasteiger partial charge in [0.15, 0.2) is 0 Å². The maximum absolute atomic E-state index is 2.28. The molecule has 0 aromatic heterocycles. The SMILES string of the molecule is C1C[Te]C(CSCC2CS2)C(CSCC2CS2)C1. The van der Waals surface area contributed by atoms with Crippen LogP contribution in [0.25, 0.3) is 0 Å². The standard InChI is InChI=1S/C13H22S4Te/c1-2-10(4-14-5-11-7-16-11)13(18-3-1)9-15-6-12-8-17-12/h10-13H,1-9H2. The molecule has 5 heteroatoms. The van der Waals surface area contributed by atoms with Crippen molar-refractivity contribution < 1.29 is 0 Å². The molecule has 3 rings (SSSR count). The van der Waals surface area contributed by atoms with Gasteiger partial charge >= 0.3 is 140 Å². The van der Waals surface area contributed by atoms with Crippen LogP contribution in [0.5, 0.6) is 0 Å². The Balaban J connectivity index is 1.33. The average Bonchev–Trinajstić information content (AvgIpc) is 3.25. The third-order valence-corrected chi connectivity index (χ3v) is 13.5. The summed E-state index contributed by atoms with van der Waals surface area (Å²) in [5.74, 6) is 9.91. The van der Waals surface area contributed by atoms with Crippen LogP contribution in [-0.4, -0.2) is 65.9 Å². The van der Waals surface area contributed by atoms with Crippen molar-refractivity contribution in [1.82, 2.24) is 0 Å². The van der Waals surface area contributed by atoms with E-state index in [1.165, 1.54) is 38.5 Å². The van der Waals surface area contributed by atoms with E-state index in [1.54, 1.807) is 17.3 Å². The van der Waals surface area contributed by atoms with Gasteiger partial charge < -0.3 is 0 Å². The van der Waals surface area contributed by atoms with E-state index >= 15 is 0 Å². The van der Waals surface area contributed by atoms with Gasteiger partial charge in [-0.1, -0.05) is 0 Å². The fourth-order valence-electron chi connectivity index (χ4n) is 2.27. The molecular formula is C13H22S4Te. The molecule has 0 nitrogen and oxygen atoms in total. The molecule has 0 bridgehead atoms. The van der Waals surface area contributed by atoms with E-state index in [4.69, 9.17) is 0 Å².